The van der Waals surface area contributed by atoms with Crippen LogP contribution in [0.25, 0.3) is 20.9 Å². The fourth-order valence-electron chi connectivity index (χ4n) is 2.64. The number of amides is 1. The van der Waals surface area contributed by atoms with Crippen LogP contribution in [-0.2, 0) is 7.05 Å². The smallest absolute Gasteiger partial charge is 0.276 e. The molecule has 0 bridgehead atoms. The van der Waals surface area contributed by atoms with Crippen LogP contribution >= 0.6 is 11.3 Å². The number of anilines is 1. The highest BCUT2D eigenvalue weighted by molar-refractivity contribution is 7.21. The maximum atomic E-state index is 12.4. The Kier molecular flexibility index (Phi) is 4.25. The lowest BCUT2D eigenvalue weighted by Gasteiger charge is -2.09. The fourth-order valence-corrected chi connectivity index (χ4v) is 3.54. The summed E-state index contributed by atoms with van der Waals surface area (Å²) in [5.41, 5.74) is 3.33. The highest BCUT2D eigenvalue weighted by Gasteiger charge is 2.12. The first kappa shape index (κ1) is 17.0. The zero-order valence-corrected chi connectivity index (χ0v) is 15.4. The average Bonchev–Trinajstić information content (AvgIpc) is 3.09. The van der Waals surface area contributed by atoms with Crippen molar-refractivity contribution in [1.29, 1.82) is 0 Å². The minimum atomic E-state index is -0.370. The molecule has 0 aliphatic rings. The first-order chi connectivity index (χ1) is 13.0. The van der Waals surface area contributed by atoms with Gasteiger partial charge in [-0.3, -0.25) is 9.59 Å². The average molecular weight is 377 g/mol. The molecule has 8 heteroatoms. The number of fused-ring (bicyclic) bond motifs is 1. The van der Waals surface area contributed by atoms with Gasteiger partial charge < -0.3 is 5.32 Å². The molecule has 0 aliphatic heterocycles. The second-order valence-electron chi connectivity index (χ2n) is 6.01. The van der Waals surface area contributed by atoms with Crippen LogP contribution in [-0.4, -0.2) is 25.7 Å². The molecule has 0 unspecified atom stereocenters. The molecule has 4 aromatic rings. The van der Waals surface area contributed by atoms with Crippen molar-refractivity contribution in [1.82, 2.24) is 19.7 Å². The molecular weight excluding hydrogens is 362 g/mol. The van der Waals surface area contributed by atoms with E-state index in [1.807, 2.05) is 37.3 Å². The number of hydrogen-bond donors (Lipinski definition) is 1. The van der Waals surface area contributed by atoms with Crippen LogP contribution in [0.3, 0.4) is 0 Å². The molecule has 0 fully saturated rings. The van der Waals surface area contributed by atoms with E-state index in [9.17, 15) is 9.59 Å². The van der Waals surface area contributed by atoms with E-state index in [4.69, 9.17) is 0 Å². The van der Waals surface area contributed by atoms with Crippen LogP contribution in [0.4, 0.5) is 5.69 Å². The normalized spacial score (nSPS) is 10.9. The summed E-state index contributed by atoms with van der Waals surface area (Å²) in [4.78, 5) is 33.6. The van der Waals surface area contributed by atoms with E-state index >= 15 is 0 Å². The van der Waals surface area contributed by atoms with Crippen LogP contribution < -0.4 is 10.9 Å². The lowest BCUT2D eigenvalue weighted by molar-refractivity contribution is 0.102. The molecule has 0 saturated carbocycles. The third kappa shape index (κ3) is 3.34. The number of hydrogen-bond acceptors (Lipinski definition) is 6. The summed E-state index contributed by atoms with van der Waals surface area (Å²) < 4.78 is 1.13. The molecule has 27 heavy (non-hydrogen) atoms. The summed E-state index contributed by atoms with van der Waals surface area (Å²) in [6.07, 6.45) is 1.75. The molecule has 0 spiro atoms. The van der Waals surface area contributed by atoms with E-state index in [0.717, 1.165) is 31.2 Å². The molecule has 0 atom stereocenters. The predicted molar refractivity (Wildman–Crippen MR) is 105 cm³/mol. The van der Waals surface area contributed by atoms with Crippen molar-refractivity contribution in [3.8, 4) is 10.6 Å². The summed E-state index contributed by atoms with van der Waals surface area (Å²) in [5.74, 6) is -0.370. The van der Waals surface area contributed by atoms with Crippen molar-refractivity contribution in [3.63, 3.8) is 0 Å². The SMILES string of the molecule is Cc1cc(-c2nc3cccnc3s2)ccc1NC(=O)c1ccc(=O)n(C)n1. The first-order valence-electron chi connectivity index (χ1n) is 8.19. The summed E-state index contributed by atoms with van der Waals surface area (Å²) in [7, 11) is 1.51. The monoisotopic (exact) mass is 377 g/mol. The van der Waals surface area contributed by atoms with Crippen LogP contribution in [0.1, 0.15) is 16.1 Å². The van der Waals surface area contributed by atoms with Gasteiger partial charge in [-0.1, -0.05) is 11.3 Å². The highest BCUT2D eigenvalue weighted by atomic mass is 32.1. The first-order valence-corrected chi connectivity index (χ1v) is 9.01. The second kappa shape index (κ2) is 6.73. The van der Waals surface area contributed by atoms with Gasteiger partial charge in [0.05, 0.1) is 0 Å². The quantitative estimate of drug-likeness (QED) is 0.593. The predicted octanol–water partition coefficient (Wildman–Crippen LogP) is 3.01. The Morgan fingerprint density at radius 2 is 2.04 bits per heavy atom. The topological polar surface area (TPSA) is 89.8 Å². The van der Waals surface area contributed by atoms with Gasteiger partial charge in [0, 0.05) is 30.6 Å². The van der Waals surface area contributed by atoms with Gasteiger partial charge in [0.25, 0.3) is 11.5 Å². The number of carbonyl (C=O) groups is 1. The Hall–Kier alpha value is -3.39. The van der Waals surface area contributed by atoms with E-state index < -0.39 is 0 Å². The number of nitrogens with one attached hydrogen (secondary N) is 1. The zero-order valence-electron chi connectivity index (χ0n) is 14.6. The van der Waals surface area contributed by atoms with Crippen molar-refractivity contribution >= 4 is 33.3 Å². The van der Waals surface area contributed by atoms with E-state index in [-0.39, 0.29) is 17.2 Å². The van der Waals surface area contributed by atoms with Gasteiger partial charge in [-0.2, -0.15) is 5.10 Å². The zero-order chi connectivity index (χ0) is 19.0. The number of benzene rings is 1. The van der Waals surface area contributed by atoms with E-state index in [2.05, 4.69) is 20.4 Å². The molecule has 1 aromatic carbocycles. The summed E-state index contributed by atoms with van der Waals surface area (Å²) in [6, 6.07) is 12.3. The number of thiazole rings is 1. The minimum absolute atomic E-state index is 0.179. The molecule has 4 rings (SSSR count). The summed E-state index contributed by atoms with van der Waals surface area (Å²) in [5, 5.41) is 7.68. The van der Waals surface area contributed by atoms with Gasteiger partial charge in [-0.25, -0.2) is 14.6 Å². The maximum absolute atomic E-state index is 12.4. The number of aryl methyl sites for hydroxylation is 2. The number of carbonyl (C=O) groups excluding carboxylic acids is 1. The Balaban J connectivity index is 1.60. The highest BCUT2D eigenvalue weighted by Crippen LogP contribution is 2.31. The molecule has 0 saturated heterocycles. The number of aromatic nitrogens is 4. The lowest BCUT2D eigenvalue weighted by Crippen LogP contribution is -2.23. The second-order valence-corrected chi connectivity index (χ2v) is 6.99. The Bertz CT molecular complexity index is 1200. The third-order valence-electron chi connectivity index (χ3n) is 4.08. The number of pyridine rings is 1. The van der Waals surface area contributed by atoms with Crippen molar-refractivity contribution in [2.45, 2.75) is 6.92 Å². The van der Waals surface area contributed by atoms with Crippen molar-refractivity contribution in [2.24, 2.45) is 7.05 Å². The molecule has 3 aromatic heterocycles. The van der Waals surface area contributed by atoms with Gasteiger partial charge in [0.1, 0.15) is 21.0 Å². The van der Waals surface area contributed by atoms with Gasteiger partial charge in [-0.05, 0) is 48.9 Å². The van der Waals surface area contributed by atoms with Gasteiger partial charge in [0.2, 0.25) is 0 Å². The lowest BCUT2D eigenvalue weighted by atomic mass is 10.1. The van der Waals surface area contributed by atoms with Crippen LogP contribution in [0.15, 0.2) is 53.5 Å². The number of rotatable bonds is 3. The molecule has 0 aliphatic carbocycles. The molecule has 3 heterocycles. The molecule has 0 radical (unpaired) electrons. The van der Waals surface area contributed by atoms with Crippen LogP contribution in [0.5, 0.6) is 0 Å². The van der Waals surface area contributed by atoms with Crippen LogP contribution in [0.2, 0.25) is 0 Å². The molecule has 1 amide bonds. The van der Waals surface area contributed by atoms with Crippen molar-refractivity contribution < 1.29 is 4.79 Å². The number of nitrogens with zero attached hydrogens (tertiary/aromatic N) is 4. The fraction of sp³-hybridized carbons (Fsp3) is 0.105. The van der Waals surface area contributed by atoms with Gasteiger partial charge in [0.15, 0.2) is 0 Å². The molecule has 7 nitrogen and oxygen atoms in total. The minimum Gasteiger partial charge on any atom is -0.320 e. The molecule has 134 valence electrons. The Morgan fingerprint density at radius 3 is 2.78 bits per heavy atom. The van der Waals surface area contributed by atoms with E-state index in [1.165, 1.54) is 30.5 Å². The summed E-state index contributed by atoms with van der Waals surface area (Å²) >= 11 is 1.53. The Labute approximate surface area is 158 Å². The standard InChI is InChI=1S/C19H15N5O2S/c1-11-10-12(18-22-15-4-3-9-20-19(15)27-18)5-6-13(11)21-17(26)14-7-8-16(25)24(2)23-14/h3-10H,1-2H3,(H,21,26). The van der Waals surface area contributed by atoms with E-state index in [0.29, 0.717) is 5.69 Å². The van der Waals surface area contributed by atoms with Gasteiger partial charge in [-0.15, -0.1) is 0 Å². The summed E-state index contributed by atoms with van der Waals surface area (Å²) in [6.45, 7) is 1.92. The van der Waals surface area contributed by atoms with Crippen molar-refractivity contribution in [3.05, 3.63) is 70.3 Å². The third-order valence-corrected chi connectivity index (χ3v) is 5.11. The van der Waals surface area contributed by atoms with Crippen molar-refractivity contribution in [2.75, 3.05) is 5.32 Å². The van der Waals surface area contributed by atoms with Crippen LogP contribution in [0, 0.1) is 6.92 Å². The van der Waals surface area contributed by atoms with E-state index in [1.54, 1.807) is 6.20 Å². The van der Waals surface area contributed by atoms with Gasteiger partial charge >= 0.3 is 0 Å². The largest absolute Gasteiger partial charge is 0.320 e. The molecule has 1 N–H and O–H groups in total. The molecular formula is C19H15N5O2S. The maximum Gasteiger partial charge on any atom is 0.276 e. The Morgan fingerprint density at radius 1 is 1.19 bits per heavy atom.